The highest BCUT2D eigenvalue weighted by molar-refractivity contribution is 6.31. The van der Waals surface area contributed by atoms with Gasteiger partial charge in [0.05, 0.1) is 12.2 Å². The second-order valence-corrected chi connectivity index (χ2v) is 8.48. The molecule has 2 aliphatic rings. The van der Waals surface area contributed by atoms with E-state index in [1.54, 1.807) is 25.1 Å². The van der Waals surface area contributed by atoms with Gasteiger partial charge in [-0.2, -0.15) is 0 Å². The number of hydrogen-bond donors (Lipinski definition) is 2. The predicted octanol–water partition coefficient (Wildman–Crippen LogP) is 4.69. The van der Waals surface area contributed by atoms with Gasteiger partial charge in [0.1, 0.15) is 0 Å². The lowest BCUT2D eigenvalue weighted by Crippen LogP contribution is -2.29. The van der Waals surface area contributed by atoms with Crippen molar-refractivity contribution in [1.82, 2.24) is 4.90 Å². The third-order valence-electron chi connectivity index (χ3n) is 5.93. The second kappa shape index (κ2) is 10.0. The van der Waals surface area contributed by atoms with E-state index >= 15 is 0 Å². The average Bonchev–Trinajstić information content (AvgIpc) is 3.10. The zero-order valence-corrected chi connectivity index (χ0v) is 18.8. The topological polar surface area (TPSA) is 70.7 Å². The van der Waals surface area contributed by atoms with Crippen LogP contribution in [0.15, 0.2) is 48.5 Å². The molecule has 168 valence electrons. The fourth-order valence-electron chi connectivity index (χ4n) is 4.34. The fraction of sp³-hybridized carbons (Fsp3) is 0.385. The van der Waals surface area contributed by atoms with E-state index in [0.717, 1.165) is 17.8 Å². The Labute approximate surface area is 189 Å². The SMILES string of the molecule is CCOC(=O)c1ccc2c(c1)NC(=O)C2=CC(C)Nc1ccc(CN2CCCCC2)cc1. The molecule has 0 bridgehead atoms. The summed E-state index contributed by atoms with van der Waals surface area (Å²) in [5.74, 6) is -0.549. The molecule has 1 unspecified atom stereocenters. The molecule has 2 aromatic carbocycles. The van der Waals surface area contributed by atoms with Crippen molar-refractivity contribution < 1.29 is 14.3 Å². The highest BCUT2D eigenvalue weighted by Gasteiger charge is 2.26. The Morgan fingerprint density at radius 3 is 2.62 bits per heavy atom. The number of rotatable bonds is 7. The lowest BCUT2D eigenvalue weighted by molar-refractivity contribution is -0.110. The normalized spacial score (nSPS) is 18.2. The van der Waals surface area contributed by atoms with Crippen molar-refractivity contribution in [2.45, 2.75) is 45.7 Å². The summed E-state index contributed by atoms with van der Waals surface area (Å²) in [6.45, 7) is 7.49. The number of ether oxygens (including phenoxy) is 1. The van der Waals surface area contributed by atoms with Crippen molar-refractivity contribution in [2.24, 2.45) is 0 Å². The zero-order chi connectivity index (χ0) is 22.5. The van der Waals surface area contributed by atoms with E-state index in [4.69, 9.17) is 4.74 Å². The van der Waals surface area contributed by atoms with Crippen molar-refractivity contribution in [2.75, 3.05) is 30.3 Å². The summed E-state index contributed by atoms with van der Waals surface area (Å²) in [5, 5.41) is 6.31. The first-order valence-electron chi connectivity index (χ1n) is 11.5. The predicted molar refractivity (Wildman–Crippen MR) is 128 cm³/mol. The van der Waals surface area contributed by atoms with Gasteiger partial charge in [-0.05, 0) is 75.7 Å². The maximum atomic E-state index is 12.5. The smallest absolute Gasteiger partial charge is 0.338 e. The number of likely N-dealkylation sites (tertiary alicyclic amines) is 1. The number of fused-ring (bicyclic) bond motifs is 1. The van der Waals surface area contributed by atoms with Crippen LogP contribution in [0, 0.1) is 0 Å². The largest absolute Gasteiger partial charge is 0.462 e. The molecule has 0 saturated carbocycles. The molecule has 32 heavy (non-hydrogen) atoms. The number of nitrogens with zero attached hydrogens (tertiary/aromatic N) is 1. The molecule has 1 atom stereocenters. The summed E-state index contributed by atoms with van der Waals surface area (Å²) in [4.78, 5) is 27.0. The summed E-state index contributed by atoms with van der Waals surface area (Å²) < 4.78 is 5.04. The number of piperidine rings is 1. The maximum Gasteiger partial charge on any atom is 0.338 e. The molecule has 2 N–H and O–H groups in total. The number of amides is 1. The van der Waals surface area contributed by atoms with Gasteiger partial charge in [-0.1, -0.05) is 24.6 Å². The molecule has 6 heteroatoms. The molecule has 2 aromatic rings. The molecule has 0 aliphatic carbocycles. The summed E-state index contributed by atoms with van der Waals surface area (Å²) in [7, 11) is 0. The van der Waals surface area contributed by atoms with Crippen LogP contribution in [-0.4, -0.2) is 42.5 Å². The molecule has 0 spiro atoms. The van der Waals surface area contributed by atoms with E-state index in [0.29, 0.717) is 23.4 Å². The van der Waals surface area contributed by atoms with Crippen LogP contribution in [-0.2, 0) is 16.1 Å². The van der Waals surface area contributed by atoms with E-state index in [9.17, 15) is 9.59 Å². The number of anilines is 2. The molecule has 1 fully saturated rings. The van der Waals surface area contributed by atoms with Gasteiger partial charge in [0.15, 0.2) is 0 Å². The Balaban J connectivity index is 1.41. The van der Waals surface area contributed by atoms with E-state index in [2.05, 4.69) is 39.8 Å². The molecule has 2 aliphatic heterocycles. The highest BCUT2D eigenvalue weighted by atomic mass is 16.5. The Kier molecular flexibility index (Phi) is 6.90. The van der Waals surface area contributed by atoms with Crippen LogP contribution < -0.4 is 10.6 Å². The van der Waals surface area contributed by atoms with Crippen LogP contribution >= 0.6 is 0 Å². The van der Waals surface area contributed by atoms with E-state index < -0.39 is 0 Å². The van der Waals surface area contributed by atoms with Gasteiger partial charge >= 0.3 is 5.97 Å². The third kappa shape index (κ3) is 5.19. The van der Waals surface area contributed by atoms with Crippen LogP contribution in [0.4, 0.5) is 11.4 Å². The summed E-state index contributed by atoms with van der Waals surface area (Å²) in [6.07, 6.45) is 5.87. The lowest BCUT2D eigenvalue weighted by Gasteiger charge is -2.26. The van der Waals surface area contributed by atoms with Gasteiger partial charge < -0.3 is 15.4 Å². The minimum atomic E-state index is -0.388. The van der Waals surface area contributed by atoms with Gasteiger partial charge in [0, 0.05) is 35.1 Å². The van der Waals surface area contributed by atoms with Crippen LogP contribution in [0.1, 0.15) is 54.6 Å². The first-order valence-corrected chi connectivity index (χ1v) is 11.5. The number of hydrogen-bond acceptors (Lipinski definition) is 5. The number of nitrogens with one attached hydrogen (secondary N) is 2. The van der Waals surface area contributed by atoms with Crippen molar-refractivity contribution in [3.63, 3.8) is 0 Å². The number of carbonyl (C=O) groups is 2. The standard InChI is InChI=1S/C26H31N3O3/c1-3-32-26(31)20-9-12-22-23(25(30)28-24(22)16-20)15-18(2)27-21-10-7-19(8-11-21)17-29-13-5-4-6-14-29/h7-12,15-16,18,27H,3-6,13-14,17H2,1-2H3,(H,28,30). The number of carbonyl (C=O) groups excluding carboxylic acids is 2. The minimum absolute atomic E-state index is 0.0422. The van der Waals surface area contributed by atoms with Crippen molar-refractivity contribution in [3.05, 3.63) is 65.2 Å². The van der Waals surface area contributed by atoms with Gasteiger partial charge in [0.2, 0.25) is 0 Å². The first kappa shape index (κ1) is 22.1. The quantitative estimate of drug-likeness (QED) is 0.490. The van der Waals surface area contributed by atoms with Gasteiger partial charge in [-0.25, -0.2) is 4.79 Å². The van der Waals surface area contributed by atoms with E-state index in [1.807, 2.05) is 13.0 Å². The molecule has 0 radical (unpaired) electrons. The average molecular weight is 434 g/mol. The lowest BCUT2D eigenvalue weighted by atomic mass is 10.0. The zero-order valence-electron chi connectivity index (χ0n) is 18.8. The second-order valence-electron chi connectivity index (χ2n) is 8.48. The van der Waals surface area contributed by atoms with E-state index in [-0.39, 0.29) is 17.9 Å². The first-order chi connectivity index (χ1) is 15.5. The fourth-order valence-corrected chi connectivity index (χ4v) is 4.34. The Bertz CT molecular complexity index is 1010. The Morgan fingerprint density at radius 1 is 1.16 bits per heavy atom. The monoisotopic (exact) mass is 433 g/mol. The Morgan fingerprint density at radius 2 is 1.91 bits per heavy atom. The Hall–Kier alpha value is -3.12. The molecule has 0 aromatic heterocycles. The van der Waals surface area contributed by atoms with Crippen molar-refractivity contribution in [3.8, 4) is 0 Å². The van der Waals surface area contributed by atoms with Gasteiger partial charge in [0.25, 0.3) is 5.91 Å². The van der Waals surface area contributed by atoms with Crippen LogP contribution in [0.2, 0.25) is 0 Å². The molecule has 6 nitrogen and oxygen atoms in total. The molecular weight excluding hydrogens is 402 g/mol. The molecule has 2 heterocycles. The minimum Gasteiger partial charge on any atom is -0.462 e. The molecule has 1 saturated heterocycles. The van der Waals surface area contributed by atoms with Crippen molar-refractivity contribution in [1.29, 1.82) is 0 Å². The van der Waals surface area contributed by atoms with Gasteiger partial charge in [-0.3, -0.25) is 9.69 Å². The number of benzene rings is 2. The van der Waals surface area contributed by atoms with Crippen molar-refractivity contribution >= 4 is 28.8 Å². The third-order valence-corrected chi connectivity index (χ3v) is 5.93. The highest BCUT2D eigenvalue weighted by Crippen LogP contribution is 2.33. The van der Waals surface area contributed by atoms with E-state index in [1.165, 1.54) is 37.9 Å². The summed E-state index contributed by atoms with van der Waals surface area (Å²) in [5.41, 5.74) is 4.83. The van der Waals surface area contributed by atoms with Gasteiger partial charge in [-0.15, -0.1) is 0 Å². The number of esters is 1. The summed E-state index contributed by atoms with van der Waals surface area (Å²) in [6, 6.07) is 13.7. The van der Waals surface area contributed by atoms with Crippen LogP contribution in [0.3, 0.4) is 0 Å². The maximum absolute atomic E-state index is 12.5. The molecular formula is C26H31N3O3. The van der Waals surface area contributed by atoms with Crippen LogP contribution in [0.5, 0.6) is 0 Å². The summed E-state index contributed by atoms with van der Waals surface area (Å²) >= 11 is 0. The molecule has 4 rings (SSSR count). The molecule has 1 amide bonds. The van der Waals surface area contributed by atoms with Crippen LogP contribution in [0.25, 0.3) is 5.57 Å².